The lowest BCUT2D eigenvalue weighted by molar-refractivity contribution is -0.384. The average Bonchev–Trinajstić information content (AvgIpc) is 2.81. The highest BCUT2D eigenvalue weighted by Crippen LogP contribution is 2.27. The van der Waals surface area contributed by atoms with Crippen LogP contribution >= 0.6 is 0 Å². The molecule has 0 fully saturated rings. The van der Waals surface area contributed by atoms with Crippen molar-refractivity contribution < 1.29 is 9.34 Å². The Bertz CT molecular complexity index is 532. The van der Waals surface area contributed by atoms with Gasteiger partial charge in [-0.25, -0.2) is 4.98 Å². The third-order valence-corrected chi connectivity index (χ3v) is 2.16. The van der Waals surface area contributed by atoms with Gasteiger partial charge in [-0.05, 0) is 11.6 Å². The summed E-state index contributed by atoms with van der Waals surface area (Å²) >= 11 is 0. The van der Waals surface area contributed by atoms with E-state index in [9.17, 15) is 10.1 Å². The fourth-order valence-corrected chi connectivity index (χ4v) is 1.41. The lowest BCUT2D eigenvalue weighted by Gasteiger charge is -2.01. The topological polar surface area (TPSA) is 69.2 Å². The molecule has 0 amide bonds. The maximum atomic E-state index is 10.6. The Kier molecular flexibility index (Phi) is 2.51. The van der Waals surface area contributed by atoms with Crippen LogP contribution in [-0.4, -0.2) is 9.91 Å². The summed E-state index contributed by atoms with van der Waals surface area (Å²) in [6, 6.07) is 4.49. The van der Waals surface area contributed by atoms with Crippen molar-refractivity contribution in [2.45, 2.75) is 0 Å². The van der Waals surface area contributed by atoms with Gasteiger partial charge in [0.05, 0.1) is 11.1 Å². The lowest BCUT2D eigenvalue weighted by atomic mass is 10.1. The van der Waals surface area contributed by atoms with Crippen LogP contribution in [0.1, 0.15) is 5.56 Å². The first-order valence-corrected chi connectivity index (χ1v) is 4.52. The first-order valence-electron chi connectivity index (χ1n) is 4.52. The summed E-state index contributed by atoms with van der Waals surface area (Å²) in [5.74, 6) is 0.560. The number of nitrogens with zero attached hydrogens (tertiary/aromatic N) is 2. The number of non-ortho nitro benzene ring substituents is 1. The SMILES string of the molecule is C=Cc1cc([N+](=O)[O-])ccc1-c1cnco1. The Labute approximate surface area is 91.2 Å². The van der Waals surface area contributed by atoms with Crippen molar-refractivity contribution in [3.8, 4) is 11.3 Å². The fraction of sp³-hybridized carbons (Fsp3) is 0. The van der Waals surface area contributed by atoms with Crippen LogP contribution in [0.2, 0.25) is 0 Å². The van der Waals surface area contributed by atoms with Gasteiger partial charge in [-0.3, -0.25) is 10.1 Å². The quantitative estimate of drug-likeness (QED) is 0.584. The van der Waals surface area contributed by atoms with Gasteiger partial charge in [-0.2, -0.15) is 0 Å². The summed E-state index contributed by atoms with van der Waals surface area (Å²) in [5.41, 5.74) is 1.40. The number of nitro benzene ring substituents is 1. The minimum absolute atomic E-state index is 0.0261. The van der Waals surface area contributed by atoms with Crippen molar-refractivity contribution >= 4 is 11.8 Å². The first kappa shape index (κ1) is 10.1. The number of oxazole rings is 1. The molecule has 0 saturated carbocycles. The molecule has 0 N–H and O–H groups in total. The largest absolute Gasteiger partial charge is 0.443 e. The summed E-state index contributed by atoms with van der Waals surface area (Å²) in [6.07, 6.45) is 4.41. The molecule has 1 heterocycles. The van der Waals surface area contributed by atoms with Crippen LogP contribution in [-0.2, 0) is 0 Å². The van der Waals surface area contributed by atoms with E-state index in [1.165, 1.54) is 18.5 Å². The van der Waals surface area contributed by atoms with Crippen molar-refractivity contribution in [2.24, 2.45) is 0 Å². The second kappa shape index (κ2) is 3.98. The maximum absolute atomic E-state index is 10.6. The van der Waals surface area contributed by atoms with Gasteiger partial charge in [-0.1, -0.05) is 12.7 Å². The monoisotopic (exact) mass is 216 g/mol. The molecule has 1 aromatic heterocycles. The molecule has 1 aromatic carbocycles. The predicted octanol–water partition coefficient (Wildman–Crippen LogP) is 2.89. The fourth-order valence-electron chi connectivity index (χ4n) is 1.41. The Morgan fingerprint density at radius 3 is 2.88 bits per heavy atom. The molecule has 16 heavy (non-hydrogen) atoms. The Hall–Kier alpha value is -2.43. The number of nitro groups is 1. The summed E-state index contributed by atoms with van der Waals surface area (Å²) in [6.45, 7) is 3.62. The molecule has 2 aromatic rings. The molecule has 0 atom stereocenters. The van der Waals surface area contributed by atoms with Gasteiger partial charge in [0.25, 0.3) is 5.69 Å². The molecule has 5 heteroatoms. The third kappa shape index (κ3) is 1.70. The van der Waals surface area contributed by atoms with Crippen molar-refractivity contribution in [1.29, 1.82) is 0 Å². The maximum Gasteiger partial charge on any atom is 0.270 e. The molecule has 0 aliphatic carbocycles. The van der Waals surface area contributed by atoms with Gasteiger partial charge in [0.2, 0.25) is 0 Å². The van der Waals surface area contributed by atoms with Crippen LogP contribution in [0.4, 0.5) is 5.69 Å². The van der Waals surface area contributed by atoms with Gasteiger partial charge < -0.3 is 4.42 Å². The summed E-state index contributed by atoms with van der Waals surface area (Å²) in [7, 11) is 0. The van der Waals surface area contributed by atoms with Crippen LogP contribution < -0.4 is 0 Å². The van der Waals surface area contributed by atoms with Gasteiger partial charge in [0.15, 0.2) is 12.2 Å². The van der Waals surface area contributed by atoms with E-state index in [1.54, 1.807) is 18.3 Å². The van der Waals surface area contributed by atoms with Crippen molar-refractivity contribution in [3.63, 3.8) is 0 Å². The molecule has 0 aliphatic heterocycles. The second-order valence-electron chi connectivity index (χ2n) is 3.10. The third-order valence-electron chi connectivity index (χ3n) is 2.16. The van der Waals surface area contributed by atoms with E-state index in [0.29, 0.717) is 11.3 Å². The first-order chi connectivity index (χ1) is 7.72. The normalized spacial score (nSPS) is 10.0. The molecule has 0 aliphatic rings. The highest BCUT2D eigenvalue weighted by molar-refractivity contribution is 5.72. The molecule has 0 bridgehead atoms. The zero-order valence-corrected chi connectivity index (χ0v) is 8.29. The van der Waals surface area contributed by atoms with Gasteiger partial charge in [0, 0.05) is 17.7 Å². The van der Waals surface area contributed by atoms with Gasteiger partial charge >= 0.3 is 0 Å². The Balaban J connectivity index is 2.56. The van der Waals surface area contributed by atoms with Gasteiger partial charge in [0.1, 0.15) is 0 Å². The minimum atomic E-state index is -0.447. The van der Waals surface area contributed by atoms with Crippen molar-refractivity contribution in [1.82, 2.24) is 4.98 Å². The number of benzene rings is 1. The number of hydrogen-bond acceptors (Lipinski definition) is 4. The Morgan fingerprint density at radius 1 is 1.50 bits per heavy atom. The van der Waals surface area contributed by atoms with Crippen LogP contribution in [0.3, 0.4) is 0 Å². The summed E-state index contributed by atoms with van der Waals surface area (Å²) in [4.78, 5) is 14.0. The lowest BCUT2D eigenvalue weighted by Crippen LogP contribution is -1.89. The van der Waals surface area contributed by atoms with E-state index in [0.717, 1.165) is 5.56 Å². The molecule has 80 valence electrons. The van der Waals surface area contributed by atoms with E-state index in [1.807, 2.05) is 0 Å². The number of rotatable bonds is 3. The molecular weight excluding hydrogens is 208 g/mol. The van der Waals surface area contributed by atoms with Crippen LogP contribution in [0, 0.1) is 10.1 Å². The number of aromatic nitrogens is 1. The summed E-state index contributed by atoms with van der Waals surface area (Å²) < 4.78 is 5.13. The van der Waals surface area contributed by atoms with Crippen LogP contribution in [0.25, 0.3) is 17.4 Å². The van der Waals surface area contributed by atoms with Crippen molar-refractivity contribution in [2.75, 3.05) is 0 Å². The standard InChI is InChI=1S/C11H8N2O3/c1-2-8-5-9(13(14)15)3-4-10(8)11-6-12-7-16-11/h2-7H,1H2. The molecule has 5 nitrogen and oxygen atoms in total. The minimum Gasteiger partial charge on any atom is -0.443 e. The average molecular weight is 216 g/mol. The molecule has 0 unspecified atom stereocenters. The van der Waals surface area contributed by atoms with Crippen LogP contribution in [0.5, 0.6) is 0 Å². The number of hydrogen-bond donors (Lipinski definition) is 0. The van der Waals surface area contributed by atoms with E-state index < -0.39 is 4.92 Å². The predicted molar refractivity (Wildman–Crippen MR) is 58.7 cm³/mol. The van der Waals surface area contributed by atoms with E-state index in [4.69, 9.17) is 4.42 Å². The second-order valence-corrected chi connectivity index (χ2v) is 3.10. The van der Waals surface area contributed by atoms with E-state index in [2.05, 4.69) is 11.6 Å². The van der Waals surface area contributed by atoms with Crippen LogP contribution in [0.15, 0.2) is 41.8 Å². The van der Waals surface area contributed by atoms with Gasteiger partial charge in [-0.15, -0.1) is 0 Å². The molecule has 0 radical (unpaired) electrons. The molecular formula is C11H8N2O3. The summed E-state index contributed by atoms with van der Waals surface area (Å²) in [5, 5.41) is 10.6. The van der Waals surface area contributed by atoms with Crippen molar-refractivity contribution in [3.05, 3.63) is 53.0 Å². The smallest absolute Gasteiger partial charge is 0.270 e. The zero-order chi connectivity index (χ0) is 11.5. The Morgan fingerprint density at radius 2 is 2.31 bits per heavy atom. The highest BCUT2D eigenvalue weighted by Gasteiger charge is 2.11. The highest BCUT2D eigenvalue weighted by atomic mass is 16.6. The molecule has 2 rings (SSSR count). The molecule has 0 spiro atoms. The van der Waals surface area contributed by atoms with E-state index >= 15 is 0 Å². The zero-order valence-electron chi connectivity index (χ0n) is 8.29. The van der Waals surface area contributed by atoms with E-state index in [-0.39, 0.29) is 5.69 Å². The molecule has 0 saturated heterocycles.